The molecule has 0 bridgehead atoms. The highest BCUT2D eigenvalue weighted by Gasteiger charge is 2.49. The molecule has 0 saturated heterocycles. The van der Waals surface area contributed by atoms with Gasteiger partial charge in [-0.05, 0) is 37.5 Å². The van der Waals surface area contributed by atoms with Crippen LogP contribution in [0.25, 0.3) is 0 Å². The molecule has 2 N–H and O–H groups in total. The number of aromatic hydroxyl groups is 1. The molecule has 0 heterocycles. The first-order valence-corrected chi connectivity index (χ1v) is 6.05. The molecule has 1 fully saturated rings. The number of hydrogen-bond donors (Lipinski definition) is 2. The lowest BCUT2D eigenvalue weighted by Crippen LogP contribution is -2.23. The number of phenolic OH excluding ortho intramolecular Hbond substituents is 1. The third-order valence-electron chi connectivity index (χ3n) is 3.39. The Labute approximate surface area is 103 Å². The minimum Gasteiger partial charge on any atom is -0.504 e. The molecule has 1 aliphatic carbocycles. The monoisotopic (exact) mass is 286 g/mol. The van der Waals surface area contributed by atoms with Gasteiger partial charge in [0.2, 0.25) is 0 Å². The van der Waals surface area contributed by atoms with E-state index in [4.69, 9.17) is 4.74 Å². The van der Waals surface area contributed by atoms with E-state index < -0.39 is 6.10 Å². The number of ether oxygens (including phenoxy) is 1. The molecule has 3 nitrogen and oxygen atoms in total. The summed E-state index contributed by atoms with van der Waals surface area (Å²) < 4.78 is 5.91. The van der Waals surface area contributed by atoms with Crippen LogP contribution in [-0.2, 0) is 5.41 Å². The minimum atomic E-state index is -0.391. The maximum atomic E-state index is 9.83. The molecule has 1 aliphatic rings. The number of aliphatic hydroxyl groups is 1. The van der Waals surface area contributed by atoms with Crippen molar-refractivity contribution in [3.05, 3.63) is 22.2 Å². The molecule has 1 atom stereocenters. The highest BCUT2D eigenvalue weighted by Crippen LogP contribution is 2.54. The first-order valence-electron chi connectivity index (χ1n) is 5.26. The molecule has 0 radical (unpaired) electrons. The van der Waals surface area contributed by atoms with Crippen molar-refractivity contribution in [1.29, 1.82) is 0 Å². The van der Waals surface area contributed by atoms with Crippen molar-refractivity contribution in [3.63, 3.8) is 0 Å². The van der Waals surface area contributed by atoms with Gasteiger partial charge in [-0.3, -0.25) is 0 Å². The van der Waals surface area contributed by atoms with Gasteiger partial charge in [-0.15, -0.1) is 0 Å². The molecule has 0 aliphatic heterocycles. The van der Waals surface area contributed by atoms with Gasteiger partial charge in [0.25, 0.3) is 0 Å². The van der Waals surface area contributed by atoms with Gasteiger partial charge in [-0.2, -0.15) is 0 Å². The van der Waals surface area contributed by atoms with E-state index in [9.17, 15) is 10.2 Å². The molecular formula is C12H15BrO3. The first-order chi connectivity index (χ1) is 7.51. The number of rotatable bonds is 3. The summed E-state index contributed by atoms with van der Waals surface area (Å²) in [7, 11) is 1.52. The molecule has 88 valence electrons. The second-order valence-corrected chi connectivity index (χ2v) is 5.19. The third-order valence-corrected chi connectivity index (χ3v) is 4.05. The SMILES string of the molecule is COc1cc(C2(C(C)O)CC2)c(Br)cc1O. The van der Waals surface area contributed by atoms with Gasteiger partial charge in [0.1, 0.15) is 0 Å². The van der Waals surface area contributed by atoms with Gasteiger partial charge >= 0.3 is 0 Å². The van der Waals surface area contributed by atoms with Crippen molar-refractivity contribution < 1.29 is 14.9 Å². The lowest BCUT2D eigenvalue weighted by molar-refractivity contribution is 0.150. The molecule has 0 aromatic heterocycles. The van der Waals surface area contributed by atoms with Crippen molar-refractivity contribution in [2.24, 2.45) is 0 Å². The van der Waals surface area contributed by atoms with Gasteiger partial charge in [-0.25, -0.2) is 0 Å². The fourth-order valence-electron chi connectivity index (χ4n) is 2.13. The average molecular weight is 287 g/mol. The number of benzene rings is 1. The van der Waals surface area contributed by atoms with E-state index in [1.807, 2.05) is 0 Å². The molecule has 16 heavy (non-hydrogen) atoms. The van der Waals surface area contributed by atoms with Crippen LogP contribution >= 0.6 is 15.9 Å². The van der Waals surface area contributed by atoms with Crippen LogP contribution < -0.4 is 4.74 Å². The Balaban J connectivity index is 2.49. The minimum absolute atomic E-state index is 0.111. The summed E-state index contributed by atoms with van der Waals surface area (Å²) in [6.07, 6.45) is 1.55. The van der Waals surface area contributed by atoms with Crippen LogP contribution in [0.15, 0.2) is 16.6 Å². The molecule has 1 saturated carbocycles. The predicted octanol–water partition coefficient (Wildman–Crippen LogP) is 2.58. The lowest BCUT2D eigenvalue weighted by Gasteiger charge is -2.21. The van der Waals surface area contributed by atoms with E-state index in [-0.39, 0.29) is 11.2 Å². The van der Waals surface area contributed by atoms with Gasteiger partial charge in [0.15, 0.2) is 11.5 Å². The summed E-state index contributed by atoms with van der Waals surface area (Å²) in [6.45, 7) is 1.80. The number of halogens is 1. The highest BCUT2D eigenvalue weighted by molar-refractivity contribution is 9.10. The maximum absolute atomic E-state index is 9.83. The van der Waals surface area contributed by atoms with E-state index in [1.54, 1.807) is 19.1 Å². The fourth-order valence-corrected chi connectivity index (χ4v) is 2.86. The molecule has 0 amide bonds. The topological polar surface area (TPSA) is 49.7 Å². The molecular weight excluding hydrogens is 272 g/mol. The number of hydrogen-bond acceptors (Lipinski definition) is 3. The zero-order valence-corrected chi connectivity index (χ0v) is 10.9. The summed E-state index contributed by atoms with van der Waals surface area (Å²) in [5.41, 5.74) is 0.844. The summed E-state index contributed by atoms with van der Waals surface area (Å²) >= 11 is 3.43. The number of aliphatic hydroxyl groups excluding tert-OH is 1. The van der Waals surface area contributed by atoms with Crippen LogP contribution in [0.1, 0.15) is 25.3 Å². The van der Waals surface area contributed by atoms with Crippen molar-refractivity contribution in [1.82, 2.24) is 0 Å². The normalized spacial score (nSPS) is 19.2. The average Bonchev–Trinajstić information content (AvgIpc) is 2.99. The first kappa shape index (κ1) is 11.7. The highest BCUT2D eigenvalue weighted by atomic mass is 79.9. The summed E-state index contributed by atoms with van der Waals surface area (Å²) in [6, 6.07) is 3.43. The van der Waals surface area contributed by atoms with E-state index in [1.165, 1.54) is 7.11 Å². The molecule has 1 aromatic carbocycles. The summed E-state index contributed by atoms with van der Waals surface area (Å²) in [5, 5.41) is 19.5. The van der Waals surface area contributed by atoms with Crippen molar-refractivity contribution in [3.8, 4) is 11.5 Å². The standard InChI is InChI=1S/C12H15BrO3/c1-7(14)12(3-4-12)8-5-11(16-2)10(15)6-9(8)13/h5-7,14-15H,3-4H2,1-2H3. The third kappa shape index (κ3) is 1.70. The fraction of sp³-hybridized carbons (Fsp3) is 0.500. The second kappa shape index (κ2) is 3.93. The largest absolute Gasteiger partial charge is 0.504 e. The van der Waals surface area contributed by atoms with Crippen LogP contribution in [-0.4, -0.2) is 23.4 Å². The Morgan fingerprint density at radius 2 is 2.06 bits per heavy atom. The number of phenols is 1. The molecule has 1 aromatic rings. The van der Waals surface area contributed by atoms with Crippen LogP contribution in [0, 0.1) is 0 Å². The molecule has 4 heteroatoms. The Morgan fingerprint density at radius 3 is 2.50 bits per heavy atom. The van der Waals surface area contributed by atoms with Gasteiger partial charge in [0.05, 0.1) is 13.2 Å². The second-order valence-electron chi connectivity index (χ2n) is 4.34. The van der Waals surface area contributed by atoms with Gasteiger partial charge < -0.3 is 14.9 Å². The maximum Gasteiger partial charge on any atom is 0.160 e. The Kier molecular flexibility index (Phi) is 2.88. The van der Waals surface area contributed by atoms with Gasteiger partial charge in [0, 0.05) is 9.89 Å². The van der Waals surface area contributed by atoms with Crippen molar-refractivity contribution in [2.75, 3.05) is 7.11 Å². The van der Waals surface area contributed by atoms with Crippen LogP contribution in [0.5, 0.6) is 11.5 Å². The van der Waals surface area contributed by atoms with Crippen molar-refractivity contribution >= 4 is 15.9 Å². The lowest BCUT2D eigenvalue weighted by atomic mass is 9.90. The molecule has 0 spiro atoms. The smallest absolute Gasteiger partial charge is 0.160 e. The number of methoxy groups -OCH3 is 1. The Morgan fingerprint density at radius 1 is 1.44 bits per heavy atom. The van der Waals surface area contributed by atoms with Crippen LogP contribution in [0.3, 0.4) is 0 Å². The summed E-state index contributed by atoms with van der Waals surface area (Å²) in [5.74, 6) is 0.560. The van der Waals surface area contributed by atoms with E-state index in [0.717, 1.165) is 22.9 Å². The van der Waals surface area contributed by atoms with E-state index in [0.29, 0.717) is 5.75 Å². The predicted molar refractivity (Wildman–Crippen MR) is 65.0 cm³/mol. The van der Waals surface area contributed by atoms with Crippen molar-refractivity contribution in [2.45, 2.75) is 31.3 Å². The van der Waals surface area contributed by atoms with E-state index >= 15 is 0 Å². The van der Waals surface area contributed by atoms with E-state index in [2.05, 4.69) is 15.9 Å². The zero-order valence-electron chi connectivity index (χ0n) is 9.33. The Bertz CT molecular complexity index is 411. The van der Waals surface area contributed by atoms with Gasteiger partial charge in [-0.1, -0.05) is 15.9 Å². The molecule has 2 rings (SSSR count). The molecule has 1 unspecified atom stereocenters. The van der Waals surface area contributed by atoms with Crippen LogP contribution in [0.2, 0.25) is 0 Å². The summed E-state index contributed by atoms with van der Waals surface area (Å²) in [4.78, 5) is 0. The quantitative estimate of drug-likeness (QED) is 0.898. The zero-order chi connectivity index (χ0) is 11.9. The van der Waals surface area contributed by atoms with Crippen LogP contribution in [0.4, 0.5) is 0 Å². The Hall–Kier alpha value is -0.740.